The molecule has 1 aliphatic heterocycles. The van der Waals surface area contributed by atoms with Crippen molar-refractivity contribution in [2.45, 2.75) is 19.8 Å². The Hall–Kier alpha value is -0.380. The first-order chi connectivity index (χ1) is 5.74. The maximum Gasteiger partial charge on any atom is 0.222 e. The molecule has 1 aliphatic rings. The molecule has 0 aromatic heterocycles. The van der Waals surface area contributed by atoms with Gasteiger partial charge in [-0.2, -0.15) is 0 Å². The molecule has 0 spiro atoms. The van der Waals surface area contributed by atoms with Crippen LogP contribution in [0.2, 0.25) is 0 Å². The third-order valence-corrected chi connectivity index (χ3v) is 3.36. The van der Waals surface area contributed by atoms with Crippen molar-refractivity contribution in [1.82, 2.24) is 4.90 Å². The van der Waals surface area contributed by atoms with E-state index >= 15 is 0 Å². The van der Waals surface area contributed by atoms with Crippen molar-refractivity contribution in [1.29, 1.82) is 0 Å². The highest BCUT2D eigenvalue weighted by Crippen LogP contribution is 2.08. The third kappa shape index (κ3) is 2.59. The van der Waals surface area contributed by atoms with Gasteiger partial charge in [0, 0.05) is 41.8 Å². The molecule has 0 saturated carbocycles. The van der Waals surface area contributed by atoms with Crippen molar-refractivity contribution < 1.29 is 9.00 Å². The number of hydrogen-bond acceptors (Lipinski definition) is 2. The maximum atomic E-state index is 11.1. The number of nitrogens with zero attached hydrogens (tertiary/aromatic N) is 1. The largest absolute Gasteiger partial charge is 0.342 e. The fraction of sp³-hybridized carbons (Fsp3) is 0.875. The van der Waals surface area contributed by atoms with E-state index in [1.165, 1.54) is 0 Å². The Morgan fingerprint density at radius 1 is 1.58 bits per heavy atom. The van der Waals surface area contributed by atoms with Crippen molar-refractivity contribution in [3.63, 3.8) is 0 Å². The molecule has 12 heavy (non-hydrogen) atoms. The summed E-state index contributed by atoms with van der Waals surface area (Å²) in [5.74, 6) is 1.56. The minimum Gasteiger partial charge on any atom is -0.342 e. The van der Waals surface area contributed by atoms with Gasteiger partial charge in [0.15, 0.2) is 0 Å². The van der Waals surface area contributed by atoms with E-state index in [0.29, 0.717) is 24.5 Å². The average molecular weight is 189 g/mol. The van der Waals surface area contributed by atoms with Crippen LogP contribution in [0.3, 0.4) is 0 Å². The van der Waals surface area contributed by atoms with E-state index < -0.39 is 10.8 Å². The third-order valence-electron chi connectivity index (χ3n) is 2.08. The predicted molar refractivity (Wildman–Crippen MR) is 49.4 cm³/mol. The molecule has 0 aliphatic carbocycles. The second kappa shape index (κ2) is 4.60. The molecule has 70 valence electrons. The highest BCUT2D eigenvalue weighted by molar-refractivity contribution is 7.84. The van der Waals surface area contributed by atoms with Gasteiger partial charge in [0.1, 0.15) is 0 Å². The fourth-order valence-corrected chi connectivity index (χ4v) is 2.01. The molecule has 0 N–H and O–H groups in total. The van der Waals surface area contributed by atoms with Crippen molar-refractivity contribution >= 4 is 16.7 Å². The molecule has 4 heteroatoms. The van der Waals surface area contributed by atoms with Gasteiger partial charge in [0.25, 0.3) is 0 Å². The Balaban J connectivity index is 2.22. The zero-order chi connectivity index (χ0) is 8.97. The number of amides is 1. The van der Waals surface area contributed by atoms with E-state index in [1.807, 2.05) is 11.8 Å². The van der Waals surface area contributed by atoms with Gasteiger partial charge in [-0.05, 0) is 6.42 Å². The molecule has 0 radical (unpaired) electrons. The first-order valence-corrected chi connectivity index (χ1v) is 5.85. The van der Waals surface area contributed by atoms with Crippen LogP contribution in [0.5, 0.6) is 0 Å². The monoisotopic (exact) mass is 189 g/mol. The van der Waals surface area contributed by atoms with Gasteiger partial charge in [-0.15, -0.1) is 0 Å². The second-order valence-electron chi connectivity index (χ2n) is 2.92. The molecule has 0 aromatic carbocycles. The average Bonchev–Trinajstić information content (AvgIpc) is 2.47. The normalized spacial score (nSPS) is 20.1. The predicted octanol–water partition coefficient (Wildman–Crippen LogP) is 0.377. The first kappa shape index (κ1) is 9.71. The fourth-order valence-electron chi connectivity index (χ4n) is 1.30. The summed E-state index contributed by atoms with van der Waals surface area (Å²) in [6, 6.07) is 0. The Labute approximate surface area is 75.6 Å². The molecule has 1 amide bonds. The highest BCUT2D eigenvalue weighted by atomic mass is 32.2. The lowest BCUT2D eigenvalue weighted by molar-refractivity contribution is -0.127. The minimum absolute atomic E-state index is 0.225. The van der Waals surface area contributed by atoms with Crippen LogP contribution in [0.25, 0.3) is 0 Å². The topological polar surface area (TPSA) is 37.4 Å². The van der Waals surface area contributed by atoms with Gasteiger partial charge >= 0.3 is 0 Å². The summed E-state index contributed by atoms with van der Waals surface area (Å²) < 4.78 is 11.0. The molecule has 1 atom stereocenters. The summed E-state index contributed by atoms with van der Waals surface area (Å²) in [6.45, 7) is 3.45. The van der Waals surface area contributed by atoms with Gasteiger partial charge in [-0.3, -0.25) is 9.00 Å². The summed E-state index contributed by atoms with van der Waals surface area (Å²) >= 11 is 0. The van der Waals surface area contributed by atoms with Crippen LogP contribution >= 0.6 is 0 Å². The molecule has 1 unspecified atom stereocenters. The van der Waals surface area contributed by atoms with E-state index in [1.54, 1.807) is 0 Å². The summed E-state index contributed by atoms with van der Waals surface area (Å²) in [5.41, 5.74) is 0. The molecule has 1 fully saturated rings. The van der Waals surface area contributed by atoms with Gasteiger partial charge in [-0.1, -0.05) is 6.92 Å². The number of hydrogen-bond donors (Lipinski definition) is 0. The molecular weight excluding hydrogens is 174 g/mol. The quantitative estimate of drug-likeness (QED) is 0.641. The molecule has 1 heterocycles. The van der Waals surface area contributed by atoms with Crippen LogP contribution in [-0.2, 0) is 15.6 Å². The highest BCUT2D eigenvalue weighted by Gasteiger charge is 2.19. The summed E-state index contributed by atoms with van der Waals surface area (Å²) in [6.07, 6.45) is 1.65. The van der Waals surface area contributed by atoms with Crippen molar-refractivity contribution in [2.75, 3.05) is 24.6 Å². The van der Waals surface area contributed by atoms with Gasteiger partial charge in [0.2, 0.25) is 5.91 Å². The van der Waals surface area contributed by atoms with E-state index in [4.69, 9.17) is 0 Å². The number of carbonyl (C=O) groups excluding carboxylic acids is 1. The van der Waals surface area contributed by atoms with Gasteiger partial charge in [-0.25, -0.2) is 0 Å². The Morgan fingerprint density at radius 3 is 2.83 bits per heavy atom. The van der Waals surface area contributed by atoms with Crippen molar-refractivity contribution in [2.24, 2.45) is 0 Å². The molecule has 1 rings (SSSR count). The summed E-state index contributed by atoms with van der Waals surface area (Å²) in [4.78, 5) is 12.9. The van der Waals surface area contributed by atoms with E-state index in [-0.39, 0.29) is 5.91 Å². The van der Waals surface area contributed by atoms with E-state index in [2.05, 4.69) is 0 Å². The van der Waals surface area contributed by atoms with Crippen molar-refractivity contribution in [3.05, 3.63) is 0 Å². The lowest BCUT2D eigenvalue weighted by Gasteiger charge is -2.14. The Kier molecular flexibility index (Phi) is 3.72. The number of rotatable bonds is 4. The molecule has 0 aromatic rings. The zero-order valence-electron chi connectivity index (χ0n) is 7.41. The number of likely N-dealkylation sites (tertiary alicyclic amines) is 1. The first-order valence-electron chi connectivity index (χ1n) is 4.36. The van der Waals surface area contributed by atoms with Crippen LogP contribution in [0, 0.1) is 0 Å². The van der Waals surface area contributed by atoms with E-state index in [0.717, 1.165) is 13.0 Å². The molecule has 3 nitrogen and oxygen atoms in total. The van der Waals surface area contributed by atoms with Crippen LogP contribution in [0.15, 0.2) is 0 Å². The van der Waals surface area contributed by atoms with Gasteiger partial charge in [0.05, 0.1) is 0 Å². The van der Waals surface area contributed by atoms with Crippen LogP contribution in [-0.4, -0.2) is 39.6 Å². The van der Waals surface area contributed by atoms with Crippen LogP contribution in [0.1, 0.15) is 19.8 Å². The molecule has 0 bridgehead atoms. The SMILES string of the molecule is CCS(=O)CCN1CCCC1=O. The lowest BCUT2D eigenvalue weighted by atomic mass is 10.4. The Bertz CT molecular complexity index is 193. The molecule has 1 saturated heterocycles. The Morgan fingerprint density at radius 2 is 2.33 bits per heavy atom. The summed E-state index contributed by atoms with van der Waals surface area (Å²) in [7, 11) is -0.732. The number of carbonyl (C=O) groups is 1. The standard InChI is InChI=1S/C8H15NO2S/c1-2-12(11)7-6-9-5-3-4-8(9)10/h2-7H2,1H3. The van der Waals surface area contributed by atoms with Crippen LogP contribution < -0.4 is 0 Å². The van der Waals surface area contributed by atoms with Crippen LogP contribution in [0.4, 0.5) is 0 Å². The van der Waals surface area contributed by atoms with Crippen molar-refractivity contribution in [3.8, 4) is 0 Å². The molecular formula is C8H15NO2S. The lowest BCUT2D eigenvalue weighted by Crippen LogP contribution is -2.29. The van der Waals surface area contributed by atoms with Gasteiger partial charge < -0.3 is 4.90 Å². The smallest absolute Gasteiger partial charge is 0.222 e. The summed E-state index contributed by atoms with van der Waals surface area (Å²) in [5, 5.41) is 0. The maximum absolute atomic E-state index is 11.1. The zero-order valence-corrected chi connectivity index (χ0v) is 8.23. The second-order valence-corrected chi connectivity index (χ2v) is 4.78. The van der Waals surface area contributed by atoms with E-state index in [9.17, 15) is 9.00 Å². The minimum atomic E-state index is -0.732.